The minimum absolute atomic E-state index is 0.0481. The van der Waals surface area contributed by atoms with Crippen LogP contribution in [-0.4, -0.2) is 43.2 Å². The van der Waals surface area contributed by atoms with Crippen molar-refractivity contribution in [2.45, 2.75) is 31.2 Å². The molecule has 1 unspecified atom stereocenters. The Bertz CT molecular complexity index is 245. The molecule has 2 fully saturated rings. The molecule has 2 aliphatic rings. The molecule has 0 aromatic heterocycles. The van der Waals surface area contributed by atoms with Gasteiger partial charge in [-0.25, -0.2) is 0 Å². The van der Waals surface area contributed by atoms with Crippen LogP contribution in [0.3, 0.4) is 0 Å². The Morgan fingerprint density at radius 1 is 1.60 bits per heavy atom. The quantitative estimate of drug-likeness (QED) is 0.735. The zero-order valence-corrected chi connectivity index (χ0v) is 9.37. The Labute approximate surface area is 90.8 Å². The monoisotopic (exact) mass is 212 g/mol. The van der Waals surface area contributed by atoms with E-state index in [0.29, 0.717) is 25.6 Å². The summed E-state index contributed by atoms with van der Waals surface area (Å²) < 4.78 is 5.20. The van der Waals surface area contributed by atoms with Gasteiger partial charge in [-0.2, -0.15) is 0 Å². The predicted octanol–water partition coefficient (Wildman–Crippen LogP) is 0.363. The molecule has 1 amide bonds. The highest BCUT2D eigenvalue weighted by atomic mass is 16.5. The van der Waals surface area contributed by atoms with Gasteiger partial charge in [-0.15, -0.1) is 0 Å². The average molecular weight is 212 g/mol. The van der Waals surface area contributed by atoms with Gasteiger partial charge >= 0.3 is 0 Å². The van der Waals surface area contributed by atoms with E-state index in [1.54, 1.807) is 4.90 Å². The Kier molecular flexibility index (Phi) is 2.98. The van der Waals surface area contributed by atoms with Gasteiger partial charge in [0.15, 0.2) is 0 Å². The molecule has 4 heteroatoms. The molecule has 15 heavy (non-hydrogen) atoms. The Morgan fingerprint density at radius 2 is 2.33 bits per heavy atom. The van der Waals surface area contributed by atoms with Crippen molar-refractivity contribution < 1.29 is 9.53 Å². The van der Waals surface area contributed by atoms with Crippen molar-refractivity contribution in [3.05, 3.63) is 0 Å². The summed E-state index contributed by atoms with van der Waals surface area (Å²) in [5.74, 6) is 0.747. The number of amides is 1. The van der Waals surface area contributed by atoms with E-state index in [2.05, 4.69) is 0 Å². The molecule has 0 radical (unpaired) electrons. The van der Waals surface area contributed by atoms with Crippen molar-refractivity contribution in [1.29, 1.82) is 0 Å². The highest BCUT2D eigenvalue weighted by molar-refractivity contribution is 5.86. The van der Waals surface area contributed by atoms with Crippen LogP contribution in [0.1, 0.15) is 25.7 Å². The van der Waals surface area contributed by atoms with Crippen LogP contribution in [0.15, 0.2) is 0 Å². The van der Waals surface area contributed by atoms with Crippen molar-refractivity contribution in [2.24, 2.45) is 11.7 Å². The van der Waals surface area contributed by atoms with E-state index < -0.39 is 5.54 Å². The second-order valence-corrected chi connectivity index (χ2v) is 4.94. The summed E-state index contributed by atoms with van der Waals surface area (Å²) in [6, 6.07) is 0. The second kappa shape index (κ2) is 4.10. The fourth-order valence-corrected chi connectivity index (χ4v) is 2.28. The van der Waals surface area contributed by atoms with Crippen LogP contribution in [0.25, 0.3) is 0 Å². The van der Waals surface area contributed by atoms with E-state index in [9.17, 15) is 4.79 Å². The highest BCUT2D eigenvalue weighted by Gasteiger charge is 2.40. The van der Waals surface area contributed by atoms with E-state index >= 15 is 0 Å². The first-order valence-electron chi connectivity index (χ1n) is 5.74. The molecular formula is C11H20N2O2. The summed E-state index contributed by atoms with van der Waals surface area (Å²) in [6.45, 7) is 1.85. The number of carbonyl (C=O) groups excluding carboxylic acids is 1. The predicted molar refractivity (Wildman–Crippen MR) is 57.3 cm³/mol. The van der Waals surface area contributed by atoms with Gasteiger partial charge in [0.2, 0.25) is 5.91 Å². The first-order chi connectivity index (χ1) is 7.12. The molecule has 1 atom stereocenters. The number of hydrogen-bond donors (Lipinski definition) is 1. The van der Waals surface area contributed by atoms with E-state index in [4.69, 9.17) is 10.5 Å². The maximum Gasteiger partial charge on any atom is 0.244 e. The molecule has 0 spiro atoms. The minimum Gasteiger partial charge on any atom is -0.379 e. The Balaban J connectivity index is 1.88. The third kappa shape index (κ3) is 2.16. The van der Waals surface area contributed by atoms with Gasteiger partial charge in [-0.1, -0.05) is 6.42 Å². The SMILES string of the molecule is CN(CC1CCC1)C(=O)C1(N)CCOC1. The third-order valence-corrected chi connectivity index (χ3v) is 3.58. The Hall–Kier alpha value is -0.610. The van der Waals surface area contributed by atoms with Crippen LogP contribution in [0.4, 0.5) is 0 Å². The van der Waals surface area contributed by atoms with Gasteiger partial charge in [0.05, 0.1) is 6.61 Å². The van der Waals surface area contributed by atoms with Crippen molar-refractivity contribution in [2.75, 3.05) is 26.8 Å². The van der Waals surface area contributed by atoms with E-state index in [-0.39, 0.29) is 5.91 Å². The molecule has 0 bridgehead atoms. The smallest absolute Gasteiger partial charge is 0.244 e. The standard InChI is InChI=1S/C11H20N2O2/c1-13(7-9-3-2-4-9)10(14)11(12)5-6-15-8-11/h9H,2-8,12H2,1H3. The summed E-state index contributed by atoms with van der Waals surface area (Å²) in [5.41, 5.74) is 5.27. The molecule has 1 saturated carbocycles. The lowest BCUT2D eigenvalue weighted by Gasteiger charge is -2.33. The molecule has 2 N–H and O–H groups in total. The van der Waals surface area contributed by atoms with Crippen LogP contribution >= 0.6 is 0 Å². The van der Waals surface area contributed by atoms with Gasteiger partial charge in [-0.05, 0) is 25.2 Å². The lowest BCUT2D eigenvalue weighted by atomic mass is 9.85. The van der Waals surface area contributed by atoms with Gasteiger partial charge in [0.25, 0.3) is 0 Å². The topological polar surface area (TPSA) is 55.6 Å². The molecule has 1 aliphatic carbocycles. The number of ether oxygens (including phenoxy) is 1. The first kappa shape index (κ1) is 10.9. The minimum atomic E-state index is -0.751. The van der Waals surface area contributed by atoms with E-state index in [0.717, 1.165) is 6.54 Å². The van der Waals surface area contributed by atoms with E-state index in [1.165, 1.54) is 19.3 Å². The summed E-state index contributed by atoms with van der Waals surface area (Å²) in [5, 5.41) is 0. The van der Waals surface area contributed by atoms with Crippen molar-refractivity contribution >= 4 is 5.91 Å². The number of rotatable bonds is 3. The van der Waals surface area contributed by atoms with Crippen LogP contribution < -0.4 is 5.73 Å². The van der Waals surface area contributed by atoms with E-state index in [1.807, 2.05) is 7.05 Å². The first-order valence-corrected chi connectivity index (χ1v) is 5.74. The van der Waals surface area contributed by atoms with Crippen LogP contribution in [-0.2, 0) is 9.53 Å². The number of hydrogen-bond acceptors (Lipinski definition) is 3. The van der Waals surface area contributed by atoms with Crippen molar-refractivity contribution in [1.82, 2.24) is 4.90 Å². The largest absolute Gasteiger partial charge is 0.379 e. The van der Waals surface area contributed by atoms with Crippen LogP contribution in [0.2, 0.25) is 0 Å². The molecule has 1 saturated heterocycles. The molecule has 1 heterocycles. The Morgan fingerprint density at radius 3 is 2.80 bits per heavy atom. The lowest BCUT2D eigenvalue weighted by molar-refractivity contribution is -0.136. The zero-order chi connectivity index (χ0) is 10.9. The molecule has 2 rings (SSSR count). The number of carbonyl (C=O) groups is 1. The fraction of sp³-hybridized carbons (Fsp3) is 0.909. The number of nitrogens with two attached hydrogens (primary N) is 1. The highest BCUT2D eigenvalue weighted by Crippen LogP contribution is 2.27. The molecule has 1 aliphatic heterocycles. The summed E-state index contributed by atoms with van der Waals surface area (Å²) in [6.07, 6.45) is 4.47. The maximum absolute atomic E-state index is 12.1. The zero-order valence-electron chi connectivity index (χ0n) is 9.37. The number of likely N-dealkylation sites (N-methyl/N-ethyl adjacent to an activating group) is 1. The number of nitrogens with zero attached hydrogens (tertiary/aromatic N) is 1. The molecule has 0 aromatic rings. The fourth-order valence-electron chi connectivity index (χ4n) is 2.28. The molecular weight excluding hydrogens is 192 g/mol. The average Bonchev–Trinajstić information content (AvgIpc) is 2.58. The van der Waals surface area contributed by atoms with Gasteiger partial charge in [-0.3, -0.25) is 4.79 Å². The molecule has 4 nitrogen and oxygen atoms in total. The molecule has 86 valence electrons. The lowest BCUT2D eigenvalue weighted by Crippen LogP contribution is -2.55. The van der Waals surface area contributed by atoms with Crippen molar-refractivity contribution in [3.63, 3.8) is 0 Å². The summed E-state index contributed by atoms with van der Waals surface area (Å²) in [4.78, 5) is 13.9. The van der Waals surface area contributed by atoms with Gasteiger partial charge in [0, 0.05) is 20.2 Å². The third-order valence-electron chi connectivity index (χ3n) is 3.58. The maximum atomic E-state index is 12.1. The van der Waals surface area contributed by atoms with Gasteiger partial charge in [0.1, 0.15) is 5.54 Å². The van der Waals surface area contributed by atoms with Crippen LogP contribution in [0.5, 0.6) is 0 Å². The summed E-state index contributed by atoms with van der Waals surface area (Å²) in [7, 11) is 1.85. The van der Waals surface area contributed by atoms with Gasteiger partial charge < -0.3 is 15.4 Å². The molecule has 0 aromatic carbocycles. The van der Waals surface area contributed by atoms with Crippen molar-refractivity contribution in [3.8, 4) is 0 Å². The second-order valence-electron chi connectivity index (χ2n) is 4.94. The summed E-state index contributed by atoms with van der Waals surface area (Å²) >= 11 is 0. The normalized spacial score (nSPS) is 31.3. The van der Waals surface area contributed by atoms with Crippen LogP contribution in [0, 0.1) is 5.92 Å².